The van der Waals surface area contributed by atoms with Crippen LogP contribution in [0.2, 0.25) is 0 Å². The summed E-state index contributed by atoms with van der Waals surface area (Å²) < 4.78 is 30.2. The molecule has 0 saturated carbocycles. The van der Waals surface area contributed by atoms with Crippen LogP contribution in [0.15, 0.2) is 71.8 Å². The zero-order valence-electron chi connectivity index (χ0n) is 18.7. The predicted octanol–water partition coefficient (Wildman–Crippen LogP) is 3.90. The summed E-state index contributed by atoms with van der Waals surface area (Å²) in [7, 11) is 1.47. The van der Waals surface area contributed by atoms with Gasteiger partial charge in [-0.1, -0.05) is 30.3 Å². The number of para-hydroxylation sites is 2. The average Bonchev–Trinajstić information content (AvgIpc) is 2.85. The Hall–Kier alpha value is -4.40. The normalized spacial score (nSPS) is 10.6. The molecule has 0 radical (unpaired) electrons. The minimum absolute atomic E-state index is 0.0358. The second-order valence-electron chi connectivity index (χ2n) is 6.87. The fourth-order valence-corrected chi connectivity index (χ4v) is 2.90. The predicted molar refractivity (Wildman–Crippen MR) is 126 cm³/mol. The zero-order chi connectivity index (χ0) is 24.3. The van der Waals surface area contributed by atoms with E-state index < -0.39 is 11.8 Å². The van der Waals surface area contributed by atoms with Crippen LogP contribution in [0, 0.1) is 5.82 Å². The van der Waals surface area contributed by atoms with Crippen LogP contribution in [0.3, 0.4) is 0 Å². The van der Waals surface area contributed by atoms with Gasteiger partial charge in [0, 0.05) is 5.56 Å². The van der Waals surface area contributed by atoms with Gasteiger partial charge in [0.05, 0.1) is 25.6 Å². The van der Waals surface area contributed by atoms with Crippen molar-refractivity contribution in [1.29, 1.82) is 0 Å². The van der Waals surface area contributed by atoms with Gasteiger partial charge in [0.2, 0.25) is 0 Å². The molecule has 0 spiro atoms. The van der Waals surface area contributed by atoms with Crippen molar-refractivity contribution in [3.63, 3.8) is 0 Å². The summed E-state index contributed by atoms with van der Waals surface area (Å²) in [6, 6.07) is 18.1. The molecule has 3 aromatic rings. The summed E-state index contributed by atoms with van der Waals surface area (Å²) in [5, 5.41) is 6.30. The van der Waals surface area contributed by atoms with E-state index in [0.717, 1.165) is 0 Å². The average molecular weight is 465 g/mol. The molecular weight excluding hydrogens is 441 g/mol. The molecule has 9 heteroatoms. The molecule has 3 rings (SSSR count). The van der Waals surface area contributed by atoms with Crippen LogP contribution < -0.4 is 25.0 Å². The van der Waals surface area contributed by atoms with Crippen molar-refractivity contribution < 1.29 is 28.2 Å². The maximum absolute atomic E-state index is 13.8. The molecule has 0 fully saturated rings. The van der Waals surface area contributed by atoms with Crippen LogP contribution in [-0.2, 0) is 16.2 Å². The number of halogens is 1. The molecule has 0 heterocycles. The highest BCUT2D eigenvalue weighted by Gasteiger charge is 2.15. The van der Waals surface area contributed by atoms with E-state index in [4.69, 9.17) is 14.2 Å². The molecule has 0 unspecified atom stereocenters. The molecule has 0 aliphatic carbocycles. The number of nitrogens with one attached hydrogen (secondary N) is 2. The summed E-state index contributed by atoms with van der Waals surface area (Å²) in [5.74, 6) is -0.917. The van der Waals surface area contributed by atoms with Crippen molar-refractivity contribution in [3.8, 4) is 17.2 Å². The SMILES string of the molecule is CCOc1ccccc1NC(=O)C(=O)N/N=C/c1ccc(OCc2ccccc2F)c(OC)c1. The van der Waals surface area contributed by atoms with E-state index in [-0.39, 0.29) is 12.4 Å². The van der Waals surface area contributed by atoms with Crippen LogP contribution in [0.1, 0.15) is 18.1 Å². The van der Waals surface area contributed by atoms with Crippen LogP contribution >= 0.6 is 0 Å². The molecule has 0 bridgehead atoms. The number of carbonyl (C=O) groups is 2. The third kappa shape index (κ3) is 6.55. The van der Waals surface area contributed by atoms with Gasteiger partial charge in [-0.3, -0.25) is 9.59 Å². The molecular formula is C25H24FN3O5. The van der Waals surface area contributed by atoms with E-state index >= 15 is 0 Å². The summed E-state index contributed by atoms with van der Waals surface area (Å²) in [6.07, 6.45) is 1.35. The number of amides is 2. The van der Waals surface area contributed by atoms with Crippen molar-refractivity contribution in [1.82, 2.24) is 5.43 Å². The Balaban J connectivity index is 1.58. The number of methoxy groups -OCH3 is 1. The van der Waals surface area contributed by atoms with Crippen LogP contribution in [-0.4, -0.2) is 31.7 Å². The van der Waals surface area contributed by atoms with E-state index in [1.807, 2.05) is 6.92 Å². The second kappa shape index (κ2) is 12.0. The summed E-state index contributed by atoms with van der Waals surface area (Å²) >= 11 is 0. The molecule has 3 aromatic carbocycles. The topological polar surface area (TPSA) is 98.2 Å². The largest absolute Gasteiger partial charge is 0.493 e. The molecule has 34 heavy (non-hydrogen) atoms. The Labute approximate surface area is 196 Å². The Kier molecular flexibility index (Phi) is 8.56. The lowest BCUT2D eigenvalue weighted by Gasteiger charge is -2.12. The summed E-state index contributed by atoms with van der Waals surface area (Å²) in [6.45, 7) is 2.27. The van der Waals surface area contributed by atoms with Crippen LogP contribution in [0.4, 0.5) is 10.1 Å². The fraction of sp³-hybridized carbons (Fsp3) is 0.160. The minimum Gasteiger partial charge on any atom is -0.493 e. The quantitative estimate of drug-likeness (QED) is 0.284. The Bertz CT molecular complexity index is 1180. The third-order valence-corrected chi connectivity index (χ3v) is 4.55. The second-order valence-corrected chi connectivity index (χ2v) is 6.87. The summed E-state index contributed by atoms with van der Waals surface area (Å²) in [5.41, 5.74) is 3.55. The zero-order valence-corrected chi connectivity index (χ0v) is 18.7. The van der Waals surface area contributed by atoms with Crippen molar-refractivity contribution in [2.24, 2.45) is 5.10 Å². The number of ether oxygens (including phenoxy) is 3. The Morgan fingerprint density at radius 3 is 2.47 bits per heavy atom. The lowest BCUT2D eigenvalue weighted by atomic mass is 10.2. The third-order valence-electron chi connectivity index (χ3n) is 4.55. The molecule has 2 N–H and O–H groups in total. The van der Waals surface area contributed by atoms with Gasteiger partial charge in [0.25, 0.3) is 0 Å². The van der Waals surface area contributed by atoms with Crippen molar-refractivity contribution >= 4 is 23.7 Å². The number of hydrogen-bond acceptors (Lipinski definition) is 6. The molecule has 2 amide bonds. The van der Waals surface area contributed by atoms with Gasteiger partial charge >= 0.3 is 11.8 Å². The Morgan fingerprint density at radius 2 is 1.71 bits per heavy atom. The van der Waals surface area contributed by atoms with Crippen LogP contribution in [0.25, 0.3) is 0 Å². The maximum atomic E-state index is 13.8. The van der Waals surface area contributed by atoms with Gasteiger partial charge in [-0.2, -0.15) is 5.10 Å². The number of hydrogen-bond donors (Lipinski definition) is 2. The molecule has 8 nitrogen and oxygen atoms in total. The van der Waals surface area contributed by atoms with E-state index in [0.29, 0.717) is 40.7 Å². The molecule has 0 atom stereocenters. The van der Waals surface area contributed by atoms with Gasteiger partial charge in [0.1, 0.15) is 18.2 Å². The summed E-state index contributed by atoms with van der Waals surface area (Å²) in [4.78, 5) is 24.2. The molecule has 0 aromatic heterocycles. The van der Waals surface area contributed by atoms with Crippen LogP contribution in [0.5, 0.6) is 17.2 Å². The first kappa shape index (κ1) is 24.2. The number of benzene rings is 3. The standard InChI is InChI=1S/C25H24FN3O5/c1-3-33-21-11-7-6-10-20(21)28-24(30)25(31)29-27-15-17-12-13-22(23(14-17)32-2)34-16-18-8-4-5-9-19(18)26/h4-15H,3,16H2,1-2H3,(H,28,30)(H,29,31)/b27-15+. The molecule has 0 aliphatic heterocycles. The first-order valence-electron chi connectivity index (χ1n) is 10.4. The van der Waals surface area contributed by atoms with Gasteiger partial charge in [-0.25, -0.2) is 9.82 Å². The maximum Gasteiger partial charge on any atom is 0.329 e. The highest BCUT2D eigenvalue weighted by molar-refractivity contribution is 6.39. The molecule has 0 saturated heterocycles. The van der Waals surface area contributed by atoms with Gasteiger partial charge in [-0.05, 0) is 48.9 Å². The number of anilines is 1. The Morgan fingerprint density at radius 1 is 0.941 bits per heavy atom. The van der Waals surface area contributed by atoms with Gasteiger partial charge in [-0.15, -0.1) is 0 Å². The van der Waals surface area contributed by atoms with Gasteiger partial charge in [0.15, 0.2) is 11.5 Å². The molecule has 0 aliphatic rings. The smallest absolute Gasteiger partial charge is 0.329 e. The number of carbonyl (C=O) groups excluding carboxylic acids is 2. The first-order valence-corrected chi connectivity index (χ1v) is 10.4. The first-order chi connectivity index (χ1) is 16.5. The fourth-order valence-electron chi connectivity index (χ4n) is 2.90. The number of rotatable bonds is 9. The minimum atomic E-state index is -0.945. The lowest BCUT2D eigenvalue weighted by Crippen LogP contribution is -2.32. The monoisotopic (exact) mass is 465 g/mol. The van der Waals surface area contributed by atoms with E-state index in [1.54, 1.807) is 60.7 Å². The van der Waals surface area contributed by atoms with Gasteiger partial charge < -0.3 is 19.5 Å². The van der Waals surface area contributed by atoms with E-state index in [2.05, 4.69) is 15.8 Å². The highest BCUT2D eigenvalue weighted by Crippen LogP contribution is 2.28. The van der Waals surface area contributed by atoms with Crippen molar-refractivity contribution in [2.45, 2.75) is 13.5 Å². The van der Waals surface area contributed by atoms with Crippen molar-refractivity contribution in [3.05, 3.63) is 83.7 Å². The molecule has 176 valence electrons. The highest BCUT2D eigenvalue weighted by atomic mass is 19.1. The van der Waals surface area contributed by atoms with E-state index in [9.17, 15) is 14.0 Å². The van der Waals surface area contributed by atoms with Crippen molar-refractivity contribution in [2.75, 3.05) is 19.0 Å². The van der Waals surface area contributed by atoms with E-state index in [1.165, 1.54) is 19.4 Å². The lowest BCUT2D eigenvalue weighted by molar-refractivity contribution is -0.136. The number of hydrazone groups is 1. The number of nitrogens with zero attached hydrogens (tertiary/aromatic N) is 1.